The van der Waals surface area contributed by atoms with Crippen molar-refractivity contribution in [3.8, 4) is 0 Å². The van der Waals surface area contributed by atoms with E-state index in [-0.39, 0.29) is 0 Å². The first-order valence-corrected chi connectivity index (χ1v) is 8.62. The van der Waals surface area contributed by atoms with Crippen molar-refractivity contribution in [2.75, 3.05) is 13.1 Å². The van der Waals surface area contributed by atoms with Gasteiger partial charge in [0.1, 0.15) is 0 Å². The molecule has 1 heterocycles. The molecule has 116 valence electrons. The lowest BCUT2D eigenvalue weighted by molar-refractivity contribution is -0.00444. The van der Waals surface area contributed by atoms with E-state index in [2.05, 4.69) is 61.3 Å². The van der Waals surface area contributed by atoms with Gasteiger partial charge in [-0.25, -0.2) is 0 Å². The van der Waals surface area contributed by atoms with Crippen LogP contribution in [0.4, 0.5) is 0 Å². The van der Waals surface area contributed by atoms with E-state index in [0.717, 1.165) is 12.6 Å². The molecule has 2 aliphatic rings. The molecule has 3 atom stereocenters. The summed E-state index contributed by atoms with van der Waals surface area (Å²) in [5.41, 5.74) is 1.92. The zero-order valence-electron chi connectivity index (χ0n) is 13.8. The van der Waals surface area contributed by atoms with Gasteiger partial charge in [-0.15, -0.1) is 0 Å². The fourth-order valence-electron chi connectivity index (χ4n) is 4.36. The van der Waals surface area contributed by atoms with E-state index in [1.165, 1.54) is 37.8 Å². The highest BCUT2D eigenvalue weighted by Gasteiger charge is 2.41. The lowest BCUT2D eigenvalue weighted by Gasteiger charge is -2.51. The third-order valence-electron chi connectivity index (χ3n) is 5.58. The number of piperazine rings is 1. The average Bonchev–Trinajstić information content (AvgIpc) is 2.47. The first-order chi connectivity index (χ1) is 10.1. The van der Waals surface area contributed by atoms with Gasteiger partial charge in [0.2, 0.25) is 0 Å². The number of hydrogen-bond donors (Lipinski definition) is 1. The maximum Gasteiger partial charge on any atom is 0.0476 e. The Morgan fingerprint density at radius 2 is 1.90 bits per heavy atom. The van der Waals surface area contributed by atoms with E-state index in [0.29, 0.717) is 17.5 Å². The zero-order chi connectivity index (χ0) is 14.9. The summed E-state index contributed by atoms with van der Waals surface area (Å²) >= 11 is 0. The number of hydrogen-bond acceptors (Lipinski definition) is 2. The molecule has 1 N–H and O–H groups in total. The SMILES string of the molecule is CC1CN(C2CCCCC2(C)C)C(c2ccccc2)CN1. The Balaban J connectivity index is 1.88. The lowest BCUT2D eigenvalue weighted by Crippen LogP contribution is -2.58. The highest BCUT2D eigenvalue weighted by Crippen LogP contribution is 2.42. The second kappa shape index (κ2) is 6.10. The number of nitrogens with zero attached hydrogens (tertiary/aromatic N) is 1. The van der Waals surface area contributed by atoms with Crippen molar-refractivity contribution in [1.29, 1.82) is 0 Å². The molecule has 0 bridgehead atoms. The molecule has 0 amide bonds. The monoisotopic (exact) mass is 286 g/mol. The first-order valence-electron chi connectivity index (χ1n) is 8.62. The summed E-state index contributed by atoms with van der Waals surface area (Å²) in [7, 11) is 0. The maximum atomic E-state index is 3.69. The highest BCUT2D eigenvalue weighted by molar-refractivity contribution is 5.21. The van der Waals surface area contributed by atoms with Crippen LogP contribution in [0.25, 0.3) is 0 Å². The van der Waals surface area contributed by atoms with E-state index in [1.807, 2.05) is 0 Å². The Bertz CT molecular complexity index is 454. The van der Waals surface area contributed by atoms with Gasteiger partial charge in [-0.1, -0.05) is 57.0 Å². The molecule has 2 heteroatoms. The van der Waals surface area contributed by atoms with Crippen LogP contribution in [-0.2, 0) is 0 Å². The molecular weight excluding hydrogens is 256 g/mol. The molecule has 0 spiro atoms. The number of benzene rings is 1. The van der Waals surface area contributed by atoms with Gasteiger partial charge in [-0.3, -0.25) is 4.90 Å². The zero-order valence-corrected chi connectivity index (χ0v) is 13.8. The van der Waals surface area contributed by atoms with E-state index >= 15 is 0 Å². The fraction of sp³-hybridized carbons (Fsp3) is 0.684. The molecule has 1 saturated carbocycles. The van der Waals surface area contributed by atoms with E-state index in [1.54, 1.807) is 0 Å². The van der Waals surface area contributed by atoms with Gasteiger partial charge >= 0.3 is 0 Å². The van der Waals surface area contributed by atoms with Gasteiger partial charge in [-0.05, 0) is 30.7 Å². The highest BCUT2D eigenvalue weighted by atomic mass is 15.3. The molecule has 1 aliphatic carbocycles. The molecule has 0 radical (unpaired) electrons. The molecule has 21 heavy (non-hydrogen) atoms. The van der Waals surface area contributed by atoms with Gasteiger partial charge in [-0.2, -0.15) is 0 Å². The third kappa shape index (κ3) is 3.17. The van der Waals surface area contributed by atoms with Gasteiger partial charge in [0.25, 0.3) is 0 Å². The van der Waals surface area contributed by atoms with Crippen molar-refractivity contribution in [3.05, 3.63) is 35.9 Å². The van der Waals surface area contributed by atoms with E-state index in [4.69, 9.17) is 0 Å². The Morgan fingerprint density at radius 1 is 1.14 bits per heavy atom. The van der Waals surface area contributed by atoms with Crippen LogP contribution in [0, 0.1) is 5.41 Å². The fourth-order valence-corrected chi connectivity index (χ4v) is 4.36. The molecule has 1 aliphatic heterocycles. The minimum Gasteiger partial charge on any atom is -0.311 e. The molecule has 3 rings (SSSR count). The van der Waals surface area contributed by atoms with Gasteiger partial charge in [0.15, 0.2) is 0 Å². The standard InChI is InChI=1S/C19H30N2/c1-15-14-21(18-11-7-8-12-19(18,2)3)17(13-20-15)16-9-5-4-6-10-16/h4-6,9-10,15,17-18,20H,7-8,11-14H2,1-3H3. The van der Waals surface area contributed by atoms with Crippen LogP contribution in [0.5, 0.6) is 0 Å². The van der Waals surface area contributed by atoms with Gasteiger partial charge < -0.3 is 5.32 Å². The maximum absolute atomic E-state index is 3.69. The van der Waals surface area contributed by atoms with E-state index in [9.17, 15) is 0 Å². The predicted octanol–water partition coefficient (Wildman–Crippen LogP) is 3.99. The van der Waals surface area contributed by atoms with Crippen molar-refractivity contribution in [3.63, 3.8) is 0 Å². The largest absolute Gasteiger partial charge is 0.311 e. The Kier molecular flexibility index (Phi) is 4.37. The van der Waals surface area contributed by atoms with Crippen molar-refractivity contribution in [2.45, 2.75) is 64.6 Å². The minimum absolute atomic E-state index is 0.447. The van der Waals surface area contributed by atoms with Crippen molar-refractivity contribution in [2.24, 2.45) is 5.41 Å². The van der Waals surface area contributed by atoms with Crippen LogP contribution < -0.4 is 5.32 Å². The van der Waals surface area contributed by atoms with Crippen LogP contribution in [0.2, 0.25) is 0 Å². The lowest BCUT2D eigenvalue weighted by atomic mass is 9.71. The summed E-state index contributed by atoms with van der Waals surface area (Å²) in [6.07, 6.45) is 5.54. The molecule has 1 saturated heterocycles. The van der Waals surface area contributed by atoms with Crippen molar-refractivity contribution < 1.29 is 0 Å². The van der Waals surface area contributed by atoms with Crippen LogP contribution in [0.1, 0.15) is 58.1 Å². The molecule has 0 aromatic heterocycles. The Hall–Kier alpha value is -0.860. The molecule has 1 aromatic rings. The Labute approximate surface area is 129 Å². The van der Waals surface area contributed by atoms with Crippen molar-refractivity contribution >= 4 is 0 Å². The first kappa shape index (κ1) is 15.1. The van der Waals surface area contributed by atoms with Gasteiger partial charge in [0.05, 0.1) is 0 Å². The van der Waals surface area contributed by atoms with Crippen LogP contribution in [-0.4, -0.2) is 30.1 Å². The van der Waals surface area contributed by atoms with Crippen LogP contribution >= 0.6 is 0 Å². The summed E-state index contributed by atoms with van der Waals surface area (Å²) < 4.78 is 0. The summed E-state index contributed by atoms with van der Waals surface area (Å²) in [6.45, 7) is 9.53. The summed E-state index contributed by atoms with van der Waals surface area (Å²) in [5, 5.41) is 3.69. The summed E-state index contributed by atoms with van der Waals surface area (Å²) in [5.74, 6) is 0. The third-order valence-corrected chi connectivity index (χ3v) is 5.58. The van der Waals surface area contributed by atoms with Crippen LogP contribution in [0.3, 0.4) is 0 Å². The second-order valence-electron chi connectivity index (χ2n) is 7.68. The van der Waals surface area contributed by atoms with E-state index < -0.39 is 0 Å². The topological polar surface area (TPSA) is 15.3 Å². The molecule has 3 unspecified atom stereocenters. The average molecular weight is 286 g/mol. The predicted molar refractivity (Wildman–Crippen MR) is 89.4 cm³/mol. The molecule has 2 nitrogen and oxygen atoms in total. The second-order valence-corrected chi connectivity index (χ2v) is 7.68. The Morgan fingerprint density at radius 3 is 2.62 bits per heavy atom. The number of rotatable bonds is 2. The summed E-state index contributed by atoms with van der Waals surface area (Å²) in [6, 6.07) is 12.9. The summed E-state index contributed by atoms with van der Waals surface area (Å²) in [4.78, 5) is 2.82. The molecule has 2 fully saturated rings. The smallest absolute Gasteiger partial charge is 0.0476 e. The molecular formula is C19H30N2. The van der Waals surface area contributed by atoms with Crippen LogP contribution in [0.15, 0.2) is 30.3 Å². The molecule has 1 aromatic carbocycles. The number of nitrogens with one attached hydrogen (secondary N) is 1. The quantitative estimate of drug-likeness (QED) is 0.884. The minimum atomic E-state index is 0.447. The normalized spacial score (nSPS) is 33.8. The van der Waals surface area contributed by atoms with Crippen molar-refractivity contribution in [1.82, 2.24) is 10.2 Å². The van der Waals surface area contributed by atoms with Gasteiger partial charge in [0, 0.05) is 31.2 Å².